The lowest BCUT2D eigenvalue weighted by Gasteiger charge is -2.23. The summed E-state index contributed by atoms with van der Waals surface area (Å²) in [6, 6.07) is 8.10. The van der Waals surface area contributed by atoms with Gasteiger partial charge in [-0.2, -0.15) is 8.78 Å². The Labute approximate surface area is 130 Å². The second-order valence-electron chi connectivity index (χ2n) is 5.66. The SMILES string of the molecule is CC(CC1CCCCCN1)Nc1ccccc1SC(F)F. The van der Waals surface area contributed by atoms with Crippen LogP contribution in [-0.2, 0) is 0 Å². The molecule has 1 aromatic rings. The predicted molar refractivity (Wildman–Crippen MR) is 86.3 cm³/mol. The summed E-state index contributed by atoms with van der Waals surface area (Å²) in [5.41, 5.74) is 0.809. The van der Waals surface area contributed by atoms with E-state index in [2.05, 4.69) is 17.6 Å². The van der Waals surface area contributed by atoms with E-state index in [1.165, 1.54) is 25.7 Å². The fraction of sp³-hybridized carbons (Fsp3) is 0.625. The quantitative estimate of drug-likeness (QED) is 0.743. The van der Waals surface area contributed by atoms with Gasteiger partial charge in [-0.05, 0) is 44.9 Å². The molecule has 0 bridgehead atoms. The van der Waals surface area contributed by atoms with E-state index in [0.29, 0.717) is 22.7 Å². The summed E-state index contributed by atoms with van der Waals surface area (Å²) in [4.78, 5) is 0.619. The third-order valence-corrected chi connectivity index (χ3v) is 4.59. The van der Waals surface area contributed by atoms with E-state index in [9.17, 15) is 8.78 Å². The maximum absolute atomic E-state index is 12.6. The molecule has 0 spiro atoms. The summed E-state index contributed by atoms with van der Waals surface area (Å²) in [7, 11) is 0. The summed E-state index contributed by atoms with van der Waals surface area (Å²) in [6.45, 7) is 3.21. The normalized spacial score (nSPS) is 21.0. The van der Waals surface area contributed by atoms with Crippen LogP contribution < -0.4 is 10.6 Å². The molecule has 2 rings (SSSR count). The van der Waals surface area contributed by atoms with Crippen molar-refractivity contribution in [1.29, 1.82) is 0 Å². The zero-order chi connectivity index (χ0) is 15.1. The van der Waals surface area contributed by atoms with Crippen LogP contribution in [0.15, 0.2) is 29.2 Å². The lowest BCUT2D eigenvalue weighted by molar-refractivity contribution is 0.252. The molecule has 0 radical (unpaired) electrons. The van der Waals surface area contributed by atoms with Gasteiger partial charge in [-0.1, -0.05) is 36.7 Å². The Morgan fingerprint density at radius 2 is 2.10 bits per heavy atom. The van der Waals surface area contributed by atoms with Crippen LogP contribution in [-0.4, -0.2) is 24.4 Å². The van der Waals surface area contributed by atoms with E-state index >= 15 is 0 Å². The van der Waals surface area contributed by atoms with Crippen LogP contribution in [0.25, 0.3) is 0 Å². The molecule has 0 aliphatic carbocycles. The molecule has 0 amide bonds. The van der Waals surface area contributed by atoms with Crippen LogP contribution in [0.3, 0.4) is 0 Å². The molecule has 5 heteroatoms. The third kappa shape index (κ3) is 5.83. The molecule has 1 aliphatic heterocycles. The van der Waals surface area contributed by atoms with E-state index in [1.54, 1.807) is 12.1 Å². The topological polar surface area (TPSA) is 24.1 Å². The van der Waals surface area contributed by atoms with Crippen molar-refractivity contribution in [2.75, 3.05) is 11.9 Å². The summed E-state index contributed by atoms with van der Waals surface area (Å²) in [5.74, 6) is -2.38. The van der Waals surface area contributed by atoms with Gasteiger partial charge >= 0.3 is 0 Å². The van der Waals surface area contributed by atoms with Gasteiger partial charge in [0, 0.05) is 22.7 Å². The van der Waals surface area contributed by atoms with Gasteiger partial charge in [-0.15, -0.1) is 0 Å². The minimum Gasteiger partial charge on any atom is -0.382 e. The Balaban J connectivity index is 1.90. The highest BCUT2D eigenvalue weighted by molar-refractivity contribution is 7.99. The van der Waals surface area contributed by atoms with Gasteiger partial charge in [0.05, 0.1) is 0 Å². The van der Waals surface area contributed by atoms with E-state index in [-0.39, 0.29) is 6.04 Å². The molecule has 118 valence electrons. The van der Waals surface area contributed by atoms with Crippen LogP contribution >= 0.6 is 11.8 Å². The molecule has 2 unspecified atom stereocenters. The standard InChI is InChI=1S/C16H24F2N2S/c1-12(11-13-7-3-2-6-10-19-13)20-14-8-4-5-9-15(14)21-16(17)18/h4-5,8-9,12-13,16,19-20H,2-3,6-7,10-11H2,1H3. The average Bonchev–Trinajstić information content (AvgIpc) is 2.69. The van der Waals surface area contributed by atoms with Crippen molar-refractivity contribution in [2.24, 2.45) is 0 Å². The number of halogens is 2. The van der Waals surface area contributed by atoms with E-state index in [1.807, 2.05) is 12.1 Å². The van der Waals surface area contributed by atoms with Crippen LogP contribution in [0.4, 0.5) is 14.5 Å². The molecule has 0 aromatic heterocycles. The lowest BCUT2D eigenvalue weighted by atomic mass is 10.0. The Morgan fingerprint density at radius 3 is 2.90 bits per heavy atom. The molecule has 1 heterocycles. The molecular weight excluding hydrogens is 290 g/mol. The van der Waals surface area contributed by atoms with Gasteiger partial charge in [0.2, 0.25) is 0 Å². The molecule has 2 nitrogen and oxygen atoms in total. The number of para-hydroxylation sites is 1. The maximum Gasteiger partial charge on any atom is 0.288 e. The Morgan fingerprint density at radius 1 is 1.29 bits per heavy atom. The minimum atomic E-state index is -2.38. The Hall–Kier alpha value is -0.810. The maximum atomic E-state index is 12.6. The summed E-state index contributed by atoms with van der Waals surface area (Å²) < 4.78 is 25.2. The first-order valence-corrected chi connectivity index (χ1v) is 8.57. The van der Waals surface area contributed by atoms with Gasteiger partial charge in [0.25, 0.3) is 5.76 Å². The van der Waals surface area contributed by atoms with Crippen molar-refractivity contribution in [3.05, 3.63) is 24.3 Å². The second kappa shape index (κ2) is 8.59. The van der Waals surface area contributed by atoms with Crippen LogP contribution in [0.2, 0.25) is 0 Å². The number of benzene rings is 1. The zero-order valence-corrected chi connectivity index (χ0v) is 13.3. The van der Waals surface area contributed by atoms with Crippen molar-refractivity contribution < 1.29 is 8.78 Å². The fourth-order valence-corrected chi connectivity index (χ4v) is 3.44. The van der Waals surface area contributed by atoms with E-state index in [4.69, 9.17) is 0 Å². The minimum absolute atomic E-state index is 0.264. The summed E-state index contributed by atoms with van der Waals surface area (Å²) in [5, 5.41) is 6.97. The number of anilines is 1. The molecule has 21 heavy (non-hydrogen) atoms. The van der Waals surface area contributed by atoms with Crippen molar-refractivity contribution in [2.45, 2.75) is 61.8 Å². The van der Waals surface area contributed by atoms with E-state index < -0.39 is 5.76 Å². The highest BCUT2D eigenvalue weighted by Crippen LogP contribution is 2.32. The lowest BCUT2D eigenvalue weighted by Crippen LogP contribution is -2.33. The number of alkyl halides is 2. The van der Waals surface area contributed by atoms with Gasteiger partial charge in [0.15, 0.2) is 0 Å². The average molecular weight is 314 g/mol. The van der Waals surface area contributed by atoms with Crippen molar-refractivity contribution in [3.8, 4) is 0 Å². The van der Waals surface area contributed by atoms with Crippen molar-refractivity contribution in [1.82, 2.24) is 5.32 Å². The number of rotatable bonds is 6. The molecule has 2 N–H and O–H groups in total. The summed E-state index contributed by atoms with van der Waals surface area (Å²) >= 11 is 0.605. The first-order chi connectivity index (χ1) is 10.1. The zero-order valence-electron chi connectivity index (χ0n) is 12.4. The smallest absolute Gasteiger partial charge is 0.288 e. The van der Waals surface area contributed by atoms with Gasteiger partial charge < -0.3 is 10.6 Å². The first-order valence-electron chi connectivity index (χ1n) is 7.69. The first kappa shape index (κ1) is 16.6. The van der Waals surface area contributed by atoms with Crippen LogP contribution in [0.5, 0.6) is 0 Å². The summed E-state index contributed by atoms with van der Waals surface area (Å²) in [6.07, 6.45) is 6.07. The number of thioether (sulfide) groups is 1. The number of nitrogens with one attached hydrogen (secondary N) is 2. The van der Waals surface area contributed by atoms with Crippen molar-refractivity contribution in [3.63, 3.8) is 0 Å². The van der Waals surface area contributed by atoms with E-state index in [0.717, 1.165) is 18.7 Å². The monoisotopic (exact) mass is 314 g/mol. The predicted octanol–water partition coefficient (Wildman–Crippen LogP) is 4.72. The van der Waals surface area contributed by atoms with Crippen LogP contribution in [0, 0.1) is 0 Å². The second-order valence-corrected chi connectivity index (χ2v) is 6.69. The highest BCUT2D eigenvalue weighted by Gasteiger charge is 2.16. The fourth-order valence-electron chi connectivity index (χ4n) is 2.84. The van der Waals surface area contributed by atoms with Crippen LogP contribution in [0.1, 0.15) is 39.0 Å². The Bertz CT molecular complexity index is 420. The Kier molecular flexibility index (Phi) is 6.77. The molecule has 1 aliphatic rings. The van der Waals surface area contributed by atoms with Gasteiger partial charge in [0.1, 0.15) is 0 Å². The molecule has 1 fully saturated rings. The van der Waals surface area contributed by atoms with Gasteiger partial charge in [-0.3, -0.25) is 0 Å². The number of hydrogen-bond donors (Lipinski definition) is 2. The number of hydrogen-bond acceptors (Lipinski definition) is 3. The highest BCUT2D eigenvalue weighted by atomic mass is 32.2. The third-order valence-electron chi connectivity index (χ3n) is 3.81. The molecule has 2 atom stereocenters. The molecule has 0 saturated carbocycles. The molecule has 1 saturated heterocycles. The molecular formula is C16H24F2N2S. The van der Waals surface area contributed by atoms with Gasteiger partial charge in [-0.25, -0.2) is 0 Å². The van der Waals surface area contributed by atoms with Crippen molar-refractivity contribution >= 4 is 17.4 Å². The molecule has 1 aromatic carbocycles. The largest absolute Gasteiger partial charge is 0.382 e.